The van der Waals surface area contributed by atoms with Crippen molar-refractivity contribution in [2.24, 2.45) is 0 Å². The number of carbonyl (C=O) groups is 3. The van der Waals surface area contributed by atoms with Crippen molar-refractivity contribution in [2.45, 2.75) is 47.6 Å². The molecule has 0 radical (unpaired) electrons. The van der Waals surface area contributed by atoms with Crippen molar-refractivity contribution in [1.29, 1.82) is 0 Å². The molecule has 0 aliphatic rings. The van der Waals surface area contributed by atoms with Crippen LogP contribution in [0, 0.1) is 30.9 Å². The van der Waals surface area contributed by atoms with Gasteiger partial charge in [-0.15, -0.1) is 11.3 Å². The predicted octanol–water partition coefficient (Wildman–Crippen LogP) is 3.16. The number of rotatable bonds is 9. The van der Waals surface area contributed by atoms with E-state index in [2.05, 4.69) is 10.4 Å². The van der Waals surface area contributed by atoms with Gasteiger partial charge in [0.1, 0.15) is 21.3 Å². The fourth-order valence-corrected chi connectivity index (χ4v) is 4.11. The average Bonchev–Trinajstić information content (AvgIpc) is 3.16. The van der Waals surface area contributed by atoms with E-state index in [4.69, 9.17) is 9.47 Å². The molecular formula is C19H24N4O7S. The summed E-state index contributed by atoms with van der Waals surface area (Å²) in [5.74, 6) is -1.69. The molecule has 2 rings (SSSR count). The van der Waals surface area contributed by atoms with E-state index in [1.165, 1.54) is 11.6 Å². The zero-order valence-corrected chi connectivity index (χ0v) is 18.8. The zero-order chi connectivity index (χ0) is 23.3. The van der Waals surface area contributed by atoms with E-state index >= 15 is 0 Å². The highest BCUT2D eigenvalue weighted by atomic mass is 32.1. The average molecular weight is 452 g/mol. The van der Waals surface area contributed by atoms with Crippen molar-refractivity contribution in [3.8, 4) is 0 Å². The van der Waals surface area contributed by atoms with E-state index in [0.29, 0.717) is 11.3 Å². The number of nitro groups is 1. The fourth-order valence-electron chi connectivity index (χ4n) is 3.01. The number of carbonyl (C=O) groups excluding carboxylic acids is 3. The van der Waals surface area contributed by atoms with Crippen LogP contribution in [-0.4, -0.2) is 45.8 Å². The first-order valence-electron chi connectivity index (χ1n) is 9.58. The van der Waals surface area contributed by atoms with Crippen LogP contribution in [0.2, 0.25) is 0 Å². The van der Waals surface area contributed by atoms with Gasteiger partial charge in [0.15, 0.2) is 0 Å². The lowest BCUT2D eigenvalue weighted by Gasteiger charge is -2.08. The predicted molar refractivity (Wildman–Crippen MR) is 113 cm³/mol. The van der Waals surface area contributed by atoms with Crippen LogP contribution in [0.5, 0.6) is 0 Å². The van der Waals surface area contributed by atoms with Crippen LogP contribution in [-0.2, 0) is 20.8 Å². The summed E-state index contributed by atoms with van der Waals surface area (Å²) < 4.78 is 11.5. The van der Waals surface area contributed by atoms with Crippen molar-refractivity contribution in [2.75, 3.05) is 18.5 Å². The first kappa shape index (κ1) is 24.0. The van der Waals surface area contributed by atoms with Crippen LogP contribution in [0.4, 0.5) is 10.7 Å². The van der Waals surface area contributed by atoms with E-state index in [1.807, 2.05) is 0 Å². The summed E-state index contributed by atoms with van der Waals surface area (Å²) in [5.41, 5.74) is 0.994. The minimum absolute atomic E-state index is 0.0485. The molecular weight excluding hydrogens is 428 g/mol. The Kier molecular flexibility index (Phi) is 7.86. The van der Waals surface area contributed by atoms with Gasteiger partial charge in [-0.25, -0.2) is 9.59 Å². The van der Waals surface area contributed by atoms with Crippen molar-refractivity contribution >= 4 is 39.9 Å². The fraction of sp³-hybridized carbons (Fsp3) is 0.474. The molecule has 168 valence electrons. The minimum Gasteiger partial charge on any atom is -0.462 e. The Morgan fingerprint density at radius 2 is 1.74 bits per heavy atom. The molecule has 1 amide bonds. The van der Waals surface area contributed by atoms with Crippen molar-refractivity contribution in [3.63, 3.8) is 0 Å². The van der Waals surface area contributed by atoms with E-state index < -0.39 is 22.8 Å². The van der Waals surface area contributed by atoms with E-state index in [0.717, 1.165) is 11.3 Å². The van der Waals surface area contributed by atoms with Gasteiger partial charge in [-0.2, -0.15) is 5.10 Å². The van der Waals surface area contributed by atoms with Crippen molar-refractivity contribution in [1.82, 2.24) is 9.78 Å². The summed E-state index contributed by atoms with van der Waals surface area (Å²) >= 11 is 0.933. The lowest BCUT2D eigenvalue weighted by molar-refractivity contribution is -0.386. The molecule has 0 fully saturated rings. The lowest BCUT2D eigenvalue weighted by Crippen LogP contribution is -2.17. The second-order valence-corrected chi connectivity index (χ2v) is 7.52. The van der Waals surface area contributed by atoms with E-state index in [-0.39, 0.29) is 53.0 Å². The Morgan fingerprint density at radius 1 is 1.13 bits per heavy atom. The monoisotopic (exact) mass is 452 g/mol. The van der Waals surface area contributed by atoms with Crippen molar-refractivity contribution < 1.29 is 28.8 Å². The topological polar surface area (TPSA) is 143 Å². The van der Waals surface area contributed by atoms with Gasteiger partial charge in [-0.1, -0.05) is 0 Å². The summed E-state index contributed by atoms with van der Waals surface area (Å²) in [6.07, 6.45) is -0.0485. The molecule has 0 aromatic carbocycles. The normalized spacial score (nSPS) is 10.6. The molecule has 0 aliphatic heterocycles. The van der Waals surface area contributed by atoms with Gasteiger partial charge < -0.3 is 14.8 Å². The molecule has 0 spiro atoms. The van der Waals surface area contributed by atoms with Gasteiger partial charge in [-0.05, 0) is 40.2 Å². The number of nitrogens with zero attached hydrogens (tertiary/aromatic N) is 3. The highest BCUT2D eigenvalue weighted by molar-refractivity contribution is 7.18. The standard InChI is InChI=1S/C19H24N4O7S/c1-6-29-18(25)14-10(3)16(19(26)30-7-2)31-17(14)20-13(24)8-9-22-12(5)15(23(27)28)11(4)21-22/h6-9H2,1-5H3,(H,20,24). The molecule has 0 aliphatic carbocycles. The Morgan fingerprint density at radius 3 is 2.29 bits per heavy atom. The summed E-state index contributed by atoms with van der Waals surface area (Å²) in [6, 6.07) is 0. The Balaban J connectivity index is 2.23. The molecule has 1 N–H and O–H groups in total. The Bertz CT molecular complexity index is 1030. The smallest absolute Gasteiger partial charge is 0.348 e. The van der Waals surface area contributed by atoms with Crippen LogP contribution >= 0.6 is 11.3 Å². The summed E-state index contributed by atoms with van der Waals surface area (Å²) in [7, 11) is 0. The SMILES string of the molecule is CCOC(=O)c1sc(NC(=O)CCn2nc(C)c([N+](=O)[O-])c2C)c(C(=O)OCC)c1C. The number of ether oxygens (including phenoxy) is 2. The highest BCUT2D eigenvalue weighted by Crippen LogP contribution is 2.34. The van der Waals surface area contributed by atoms with Crippen molar-refractivity contribution in [3.05, 3.63) is 37.5 Å². The quantitative estimate of drug-likeness (QED) is 0.347. The van der Waals surface area contributed by atoms with Crippen LogP contribution in [0.25, 0.3) is 0 Å². The third-order valence-electron chi connectivity index (χ3n) is 4.42. The number of nitrogens with one attached hydrogen (secondary N) is 1. The molecule has 31 heavy (non-hydrogen) atoms. The maximum atomic E-state index is 12.5. The van der Waals surface area contributed by atoms with Crippen LogP contribution < -0.4 is 5.32 Å². The van der Waals surface area contributed by atoms with E-state index in [1.54, 1.807) is 27.7 Å². The number of anilines is 1. The number of thiophene rings is 1. The van der Waals surface area contributed by atoms with Gasteiger partial charge in [0.05, 0.1) is 30.2 Å². The first-order valence-corrected chi connectivity index (χ1v) is 10.4. The molecule has 0 atom stereocenters. The number of hydrogen-bond acceptors (Lipinski definition) is 9. The van der Waals surface area contributed by atoms with Gasteiger partial charge in [0, 0.05) is 6.42 Å². The zero-order valence-electron chi connectivity index (χ0n) is 17.9. The summed E-state index contributed by atoms with van der Waals surface area (Å²) in [4.78, 5) is 47.9. The Hall–Kier alpha value is -3.28. The molecule has 0 saturated carbocycles. The molecule has 2 aromatic heterocycles. The maximum Gasteiger partial charge on any atom is 0.348 e. The van der Waals surface area contributed by atoms with Crippen LogP contribution in [0.15, 0.2) is 0 Å². The third kappa shape index (κ3) is 5.26. The minimum atomic E-state index is -0.656. The van der Waals surface area contributed by atoms with Gasteiger partial charge in [0.2, 0.25) is 5.91 Å². The number of aryl methyl sites for hydroxylation is 2. The molecule has 0 bridgehead atoms. The summed E-state index contributed by atoms with van der Waals surface area (Å²) in [6.45, 7) is 8.39. The second-order valence-electron chi connectivity index (χ2n) is 6.50. The summed E-state index contributed by atoms with van der Waals surface area (Å²) in [5, 5.41) is 18.0. The van der Waals surface area contributed by atoms with Gasteiger partial charge in [-0.3, -0.25) is 19.6 Å². The molecule has 2 heterocycles. The number of esters is 2. The molecule has 0 unspecified atom stereocenters. The molecule has 12 heteroatoms. The van der Waals surface area contributed by atoms with E-state index in [9.17, 15) is 24.5 Å². The number of aromatic nitrogens is 2. The third-order valence-corrected chi connectivity index (χ3v) is 5.60. The van der Waals surface area contributed by atoms with Crippen LogP contribution in [0.1, 0.15) is 57.2 Å². The highest BCUT2D eigenvalue weighted by Gasteiger charge is 2.27. The molecule has 0 saturated heterocycles. The first-order chi connectivity index (χ1) is 14.6. The number of hydrogen-bond donors (Lipinski definition) is 1. The Labute approximate surface area is 182 Å². The second kappa shape index (κ2) is 10.2. The molecule has 11 nitrogen and oxygen atoms in total. The lowest BCUT2D eigenvalue weighted by atomic mass is 10.1. The number of amides is 1. The maximum absolute atomic E-state index is 12.5. The largest absolute Gasteiger partial charge is 0.462 e. The van der Waals surface area contributed by atoms with Gasteiger partial charge >= 0.3 is 17.6 Å². The molecule has 2 aromatic rings. The van der Waals surface area contributed by atoms with Gasteiger partial charge in [0.25, 0.3) is 0 Å². The van der Waals surface area contributed by atoms with Crippen LogP contribution in [0.3, 0.4) is 0 Å².